The molecule has 0 bridgehead atoms. The number of hydrogen-bond donors (Lipinski definition) is 1. The molecule has 1 aromatic carbocycles. The summed E-state index contributed by atoms with van der Waals surface area (Å²) < 4.78 is 10.9. The number of nitrogens with zero attached hydrogens (tertiary/aromatic N) is 1. The molecule has 1 aliphatic rings. The number of aliphatic hydroxyl groups is 1. The third-order valence-electron chi connectivity index (χ3n) is 3.89. The van der Waals surface area contributed by atoms with Gasteiger partial charge in [0.05, 0.1) is 7.11 Å². The first-order chi connectivity index (χ1) is 9.70. The number of ether oxygens (including phenoxy) is 2. The molecule has 112 valence electrons. The van der Waals surface area contributed by atoms with Gasteiger partial charge < -0.3 is 14.6 Å². The molecule has 0 aliphatic carbocycles. The number of para-hydroxylation sites is 2. The molecule has 1 aliphatic heterocycles. The van der Waals surface area contributed by atoms with E-state index in [-0.39, 0.29) is 0 Å². The Labute approximate surface area is 121 Å². The van der Waals surface area contributed by atoms with Gasteiger partial charge in [-0.05, 0) is 38.4 Å². The number of likely N-dealkylation sites (tertiary alicyclic amines) is 1. The molecule has 2 atom stereocenters. The van der Waals surface area contributed by atoms with Crippen molar-refractivity contribution < 1.29 is 14.6 Å². The molecule has 1 saturated heterocycles. The topological polar surface area (TPSA) is 41.9 Å². The lowest BCUT2D eigenvalue weighted by Gasteiger charge is -2.34. The van der Waals surface area contributed by atoms with Crippen molar-refractivity contribution in [1.82, 2.24) is 4.90 Å². The summed E-state index contributed by atoms with van der Waals surface area (Å²) in [4.78, 5) is 2.35. The van der Waals surface area contributed by atoms with Crippen molar-refractivity contribution >= 4 is 0 Å². The predicted molar refractivity (Wildman–Crippen MR) is 79.4 cm³/mol. The van der Waals surface area contributed by atoms with Crippen LogP contribution in [0.3, 0.4) is 0 Å². The van der Waals surface area contributed by atoms with E-state index >= 15 is 0 Å². The molecule has 4 nitrogen and oxygen atoms in total. The van der Waals surface area contributed by atoms with Crippen LogP contribution in [0, 0.1) is 0 Å². The maximum absolute atomic E-state index is 10.1. The van der Waals surface area contributed by atoms with Crippen molar-refractivity contribution in [2.24, 2.45) is 0 Å². The SMILES string of the molecule is COc1ccccc1OC[C@@H](O)CN1CCCC[C@H]1C. The standard InChI is InChI=1S/C16H25NO3/c1-13-7-5-6-10-17(13)11-14(18)12-20-16-9-4-3-8-15(16)19-2/h3-4,8-9,13-14,18H,5-7,10-12H2,1-2H3/t13-,14+/m1/s1. The van der Waals surface area contributed by atoms with Gasteiger partial charge in [0, 0.05) is 12.6 Å². The predicted octanol–water partition coefficient (Wildman–Crippen LogP) is 2.31. The molecular formula is C16H25NO3. The first kappa shape index (κ1) is 15.1. The monoisotopic (exact) mass is 279 g/mol. The van der Waals surface area contributed by atoms with Gasteiger partial charge in [-0.3, -0.25) is 4.90 Å². The summed E-state index contributed by atoms with van der Waals surface area (Å²) in [6, 6.07) is 8.07. The van der Waals surface area contributed by atoms with E-state index in [0.717, 1.165) is 6.54 Å². The maximum Gasteiger partial charge on any atom is 0.161 e. The molecule has 0 saturated carbocycles. The molecular weight excluding hydrogens is 254 g/mol. The molecule has 1 aromatic rings. The number of hydrogen-bond acceptors (Lipinski definition) is 4. The second-order valence-corrected chi connectivity index (χ2v) is 5.46. The fraction of sp³-hybridized carbons (Fsp3) is 0.625. The zero-order valence-electron chi connectivity index (χ0n) is 12.4. The van der Waals surface area contributed by atoms with Crippen molar-refractivity contribution in [2.45, 2.75) is 38.3 Å². The summed E-state index contributed by atoms with van der Waals surface area (Å²) in [7, 11) is 1.62. The highest BCUT2D eigenvalue weighted by molar-refractivity contribution is 5.39. The quantitative estimate of drug-likeness (QED) is 0.867. The third-order valence-corrected chi connectivity index (χ3v) is 3.89. The average molecular weight is 279 g/mol. The van der Waals surface area contributed by atoms with Gasteiger partial charge in [-0.1, -0.05) is 18.6 Å². The van der Waals surface area contributed by atoms with Gasteiger partial charge in [0.15, 0.2) is 11.5 Å². The number of β-amino-alcohol motifs (C(OH)–C–C–N with tert-alkyl or cyclic N) is 1. The van der Waals surface area contributed by atoms with Crippen molar-refractivity contribution in [3.8, 4) is 11.5 Å². The van der Waals surface area contributed by atoms with Crippen LogP contribution in [-0.2, 0) is 0 Å². The molecule has 4 heteroatoms. The summed E-state index contributed by atoms with van der Waals surface area (Å²) in [5.41, 5.74) is 0. The molecule has 0 aromatic heterocycles. The summed E-state index contributed by atoms with van der Waals surface area (Å²) >= 11 is 0. The Morgan fingerprint density at radius 3 is 2.75 bits per heavy atom. The zero-order valence-corrected chi connectivity index (χ0v) is 12.4. The van der Waals surface area contributed by atoms with Gasteiger partial charge in [0.25, 0.3) is 0 Å². The lowest BCUT2D eigenvalue weighted by molar-refractivity contribution is 0.0431. The van der Waals surface area contributed by atoms with Crippen LogP contribution in [0.5, 0.6) is 11.5 Å². The van der Waals surface area contributed by atoms with E-state index in [1.165, 1.54) is 19.3 Å². The highest BCUT2D eigenvalue weighted by atomic mass is 16.5. The highest BCUT2D eigenvalue weighted by Gasteiger charge is 2.21. The normalized spacial score (nSPS) is 21.4. The van der Waals surface area contributed by atoms with E-state index in [2.05, 4.69) is 11.8 Å². The minimum atomic E-state index is -0.472. The molecule has 1 heterocycles. The smallest absolute Gasteiger partial charge is 0.161 e. The van der Waals surface area contributed by atoms with Crippen LogP contribution in [0.4, 0.5) is 0 Å². The summed E-state index contributed by atoms with van der Waals surface area (Å²) in [5.74, 6) is 1.38. The maximum atomic E-state index is 10.1. The Hall–Kier alpha value is -1.26. The average Bonchev–Trinajstić information content (AvgIpc) is 2.48. The van der Waals surface area contributed by atoms with Crippen LogP contribution in [0.2, 0.25) is 0 Å². The lowest BCUT2D eigenvalue weighted by Crippen LogP contribution is -2.43. The summed E-state index contributed by atoms with van der Waals surface area (Å²) in [6.07, 6.45) is 3.27. The van der Waals surface area contributed by atoms with E-state index in [1.807, 2.05) is 24.3 Å². The van der Waals surface area contributed by atoms with Crippen molar-refractivity contribution in [2.75, 3.05) is 26.8 Å². The van der Waals surface area contributed by atoms with E-state index in [4.69, 9.17) is 9.47 Å². The Kier molecular flexibility index (Phi) is 5.68. The van der Waals surface area contributed by atoms with E-state index in [9.17, 15) is 5.11 Å². The Balaban J connectivity index is 1.81. The Morgan fingerprint density at radius 1 is 1.30 bits per heavy atom. The zero-order chi connectivity index (χ0) is 14.4. The van der Waals surface area contributed by atoms with E-state index in [1.54, 1.807) is 7.11 Å². The first-order valence-corrected chi connectivity index (χ1v) is 7.38. The molecule has 1 N–H and O–H groups in total. The van der Waals surface area contributed by atoms with Gasteiger partial charge in [-0.2, -0.15) is 0 Å². The largest absolute Gasteiger partial charge is 0.493 e. The van der Waals surface area contributed by atoms with Crippen LogP contribution < -0.4 is 9.47 Å². The molecule has 20 heavy (non-hydrogen) atoms. The van der Waals surface area contributed by atoms with Crippen molar-refractivity contribution in [3.05, 3.63) is 24.3 Å². The number of benzene rings is 1. The molecule has 2 rings (SSSR count). The Morgan fingerprint density at radius 2 is 2.05 bits per heavy atom. The molecule has 0 spiro atoms. The van der Waals surface area contributed by atoms with Gasteiger partial charge in [0.1, 0.15) is 12.7 Å². The number of methoxy groups -OCH3 is 1. The van der Waals surface area contributed by atoms with E-state index in [0.29, 0.717) is 30.7 Å². The lowest BCUT2D eigenvalue weighted by atomic mass is 10.0. The van der Waals surface area contributed by atoms with Crippen LogP contribution in [0.1, 0.15) is 26.2 Å². The third kappa shape index (κ3) is 4.12. The summed E-state index contributed by atoms with van der Waals surface area (Å²) in [5, 5.41) is 10.1. The van der Waals surface area contributed by atoms with E-state index < -0.39 is 6.10 Å². The van der Waals surface area contributed by atoms with Gasteiger partial charge in [-0.15, -0.1) is 0 Å². The van der Waals surface area contributed by atoms with Crippen LogP contribution in [0.25, 0.3) is 0 Å². The number of aliphatic hydroxyl groups excluding tert-OH is 1. The molecule has 1 fully saturated rings. The molecule has 0 amide bonds. The minimum absolute atomic E-state index is 0.295. The second kappa shape index (κ2) is 7.50. The molecule has 0 unspecified atom stereocenters. The van der Waals surface area contributed by atoms with Crippen LogP contribution in [-0.4, -0.2) is 49.0 Å². The first-order valence-electron chi connectivity index (χ1n) is 7.38. The van der Waals surface area contributed by atoms with Crippen LogP contribution in [0.15, 0.2) is 24.3 Å². The fourth-order valence-corrected chi connectivity index (χ4v) is 2.68. The van der Waals surface area contributed by atoms with Crippen LogP contribution >= 0.6 is 0 Å². The summed E-state index contributed by atoms with van der Waals surface area (Å²) in [6.45, 7) is 4.28. The molecule has 0 radical (unpaired) electrons. The second-order valence-electron chi connectivity index (χ2n) is 5.46. The van der Waals surface area contributed by atoms with Gasteiger partial charge >= 0.3 is 0 Å². The van der Waals surface area contributed by atoms with Crippen molar-refractivity contribution in [1.29, 1.82) is 0 Å². The highest BCUT2D eigenvalue weighted by Crippen LogP contribution is 2.26. The fourth-order valence-electron chi connectivity index (χ4n) is 2.68. The van der Waals surface area contributed by atoms with Gasteiger partial charge in [0.2, 0.25) is 0 Å². The van der Waals surface area contributed by atoms with Crippen molar-refractivity contribution in [3.63, 3.8) is 0 Å². The number of piperidine rings is 1. The van der Waals surface area contributed by atoms with Gasteiger partial charge in [-0.25, -0.2) is 0 Å². The number of rotatable bonds is 6. The minimum Gasteiger partial charge on any atom is -0.493 e. The Bertz CT molecular complexity index is 410.